The lowest BCUT2D eigenvalue weighted by molar-refractivity contribution is -0.125. The monoisotopic (exact) mass is 400 g/mol. The summed E-state index contributed by atoms with van der Waals surface area (Å²) in [6.07, 6.45) is -0.505. The average Bonchev–Trinajstić information content (AvgIpc) is 2.99. The molecular formula is C18H25ClN2O4S. The van der Waals surface area contributed by atoms with Gasteiger partial charge in [-0.05, 0) is 38.5 Å². The fourth-order valence-electron chi connectivity index (χ4n) is 2.52. The van der Waals surface area contributed by atoms with Gasteiger partial charge in [-0.15, -0.1) is 11.8 Å². The molecule has 2 atom stereocenters. The number of halogens is 1. The highest BCUT2D eigenvalue weighted by Crippen LogP contribution is 2.42. The van der Waals surface area contributed by atoms with E-state index in [0.717, 1.165) is 5.56 Å². The molecule has 0 spiro atoms. The lowest BCUT2D eigenvalue weighted by Gasteiger charge is -2.31. The van der Waals surface area contributed by atoms with Crippen LogP contribution in [0.5, 0.6) is 0 Å². The number of hydrogen-bond donors (Lipinski definition) is 1. The lowest BCUT2D eigenvalue weighted by atomic mass is 10.1. The largest absolute Gasteiger partial charge is 0.444 e. The van der Waals surface area contributed by atoms with Gasteiger partial charge < -0.3 is 14.8 Å². The first-order chi connectivity index (χ1) is 12.2. The number of methoxy groups -OCH3 is 1. The predicted octanol–water partition coefficient (Wildman–Crippen LogP) is 3.45. The van der Waals surface area contributed by atoms with Crippen LogP contribution in [-0.2, 0) is 14.3 Å². The molecule has 26 heavy (non-hydrogen) atoms. The molecule has 1 fully saturated rings. The Hall–Kier alpha value is -1.44. The smallest absolute Gasteiger partial charge is 0.412 e. The van der Waals surface area contributed by atoms with E-state index in [-0.39, 0.29) is 11.3 Å². The van der Waals surface area contributed by atoms with Gasteiger partial charge in [-0.3, -0.25) is 9.69 Å². The van der Waals surface area contributed by atoms with Gasteiger partial charge in [0.1, 0.15) is 17.0 Å². The van der Waals surface area contributed by atoms with Crippen LogP contribution < -0.4 is 5.32 Å². The van der Waals surface area contributed by atoms with Crippen molar-refractivity contribution in [1.29, 1.82) is 0 Å². The van der Waals surface area contributed by atoms with Crippen molar-refractivity contribution in [2.75, 3.05) is 26.0 Å². The summed E-state index contributed by atoms with van der Waals surface area (Å²) in [5.41, 5.74) is 0.254. The molecule has 1 saturated heterocycles. The van der Waals surface area contributed by atoms with Gasteiger partial charge in [0.25, 0.3) is 0 Å². The molecule has 0 unspecified atom stereocenters. The molecule has 1 N–H and O–H groups in total. The molecule has 0 saturated carbocycles. The maximum Gasteiger partial charge on any atom is 0.412 e. The second kappa shape index (κ2) is 8.97. The Morgan fingerprint density at radius 2 is 1.96 bits per heavy atom. The number of benzene rings is 1. The summed E-state index contributed by atoms with van der Waals surface area (Å²) in [4.78, 5) is 26.9. The number of nitrogens with zero attached hydrogens (tertiary/aromatic N) is 1. The highest BCUT2D eigenvalue weighted by Gasteiger charge is 2.44. The van der Waals surface area contributed by atoms with Crippen molar-refractivity contribution in [1.82, 2.24) is 10.2 Å². The van der Waals surface area contributed by atoms with Gasteiger partial charge in [-0.25, -0.2) is 4.79 Å². The summed E-state index contributed by atoms with van der Waals surface area (Å²) in [7, 11) is 1.57. The lowest BCUT2D eigenvalue weighted by Crippen LogP contribution is -2.49. The van der Waals surface area contributed by atoms with Crippen molar-refractivity contribution in [2.45, 2.75) is 37.8 Å². The Bertz CT molecular complexity index is 633. The molecule has 2 amide bonds. The van der Waals surface area contributed by atoms with Gasteiger partial charge in [-0.1, -0.05) is 23.7 Å². The molecule has 1 aromatic carbocycles. The molecule has 144 valence electrons. The number of ether oxygens (including phenoxy) is 2. The molecule has 6 nitrogen and oxygen atoms in total. The van der Waals surface area contributed by atoms with E-state index in [1.165, 1.54) is 16.7 Å². The summed E-state index contributed by atoms with van der Waals surface area (Å²) < 4.78 is 10.5. The normalized spacial score (nSPS) is 20.1. The fourth-order valence-corrected chi connectivity index (χ4v) is 4.07. The van der Waals surface area contributed by atoms with Gasteiger partial charge in [0.15, 0.2) is 0 Å². The maximum absolute atomic E-state index is 12.8. The zero-order valence-electron chi connectivity index (χ0n) is 15.5. The molecule has 1 aliphatic heterocycles. The number of hydrogen-bond acceptors (Lipinski definition) is 5. The molecular weight excluding hydrogens is 376 g/mol. The van der Waals surface area contributed by atoms with Crippen LogP contribution in [0.25, 0.3) is 0 Å². The van der Waals surface area contributed by atoms with Crippen LogP contribution in [0, 0.1) is 0 Å². The number of thioether (sulfide) groups is 1. The van der Waals surface area contributed by atoms with Crippen LogP contribution in [0.1, 0.15) is 31.7 Å². The molecule has 0 aromatic heterocycles. The number of carbonyl (C=O) groups is 2. The van der Waals surface area contributed by atoms with Crippen molar-refractivity contribution >= 4 is 35.4 Å². The number of rotatable bonds is 5. The van der Waals surface area contributed by atoms with E-state index in [2.05, 4.69) is 5.32 Å². The highest BCUT2D eigenvalue weighted by molar-refractivity contribution is 7.99. The Labute approximate surface area is 163 Å². The maximum atomic E-state index is 12.8. The van der Waals surface area contributed by atoms with Crippen LogP contribution in [-0.4, -0.2) is 54.6 Å². The van der Waals surface area contributed by atoms with E-state index in [1.54, 1.807) is 40.0 Å². The molecule has 1 aliphatic rings. The second-order valence-electron chi connectivity index (χ2n) is 6.92. The van der Waals surface area contributed by atoms with E-state index < -0.39 is 17.7 Å². The van der Waals surface area contributed by atoms with E-state index in [0.29, 0.717) is 23.9 Å². The van der Waals surface area contributed by atoms with Gasteiger partial charge >= 0.3 is 6.09 Å². The summed E-state index contributed by atoms with van der Waals surface area (Å²) in [5.74, 6) is 0.280. The van der Waals surface area contributed by atoms with Gasteiger partial charge in [0, 0.05) is 24.4 Å². The molecule has 0 radical (unpaired) electrons. The topological polar surface area (TPSA) is 67.9 Å². The molecule has 0 aliphatic carbocycles. The minimum absolute atomic E-state index is 0.211. The van der Waals surface area contributed by atoms with Crippen LogP contribution in [0.3, 0.4) is 0 Å². The standard InChI is InChI=1S/C18H25ClN2O4S/c1-18(2,3)25-17(23)21-14(15(22)20-9-10-24-4)11-26-16(21)12-5-7-13(19)8-6-12/h5-8,14,16H,9-11H2,1-4H3,(H,20,22)/t14-,16+/m1/s1. The predicted molar refractivity (Wildman–Crippen MR) is 103 cm³/mol. The van der Waals surface area contributed by atoms with E-state index in [9.17, 15) is 9.59 Å². The SMILES string of the molecule is COCCNC(=O)[C@H]1CS[C@@H](c2ccc(Cl)cc2)N1C(=O)OC(C)(C)C. The third-order valence-corrected chi connectivity index (χ3v) is 5.24. The first-order valence-corrected chi connectivity index (χ1v) is 9.80. The van der Waals surface area contributed by atoms with Crippen molar-refractivity contribution in [3.63, 3.8) is 0 Å². The Balaban J connectivity index is 2.23. The first-order valence-electron chi connectivity index (χ1n) is 8.38. The second-order valence-corrected chi connectivity index (χ2v) is 8.47. The number of amides is 2. The van der Waals surface area contributed by atoms with Gasteiger partial charge in [0.2, 0.25) is 5.91 Å². The summed E-state index contributed by atoms with van der Waals surface area (Å²) in [6, 6.07) is 6.67. The average molecular weight is 401 g/mol. The van der Waals surface area contributed by atoms with E-state index >= 15 is 0 Å². The van der Waals surface area contributed by atoms with Crippen LogP contribution in [0.2, 0.25) is 5.02 Å². The Morgan fingerprint density at radius 1 is 1.31 bits per heavy atom. The van der Waals surface area contributed by atoms with Crippen molar-refractivity contribution in [3.05, 3.63) is 34.9 Å². The minimum Gasteiger partial charge on any atom is -0.444 e. The molecule has 1 aromatic rings. The first kappa shape index (κ1) is 20.9. The van der Waals surface area contributed by atoms with Crippen LogP contribution in [0.15, 0.2) is 24.3 Å². The molecule has 8 heteroatoms. The van der Waals surface area contributed by atoms with Crippen LogP contribution >= 0.6 is 23.4 Å². The molecule has 0 bridgehead atoms. The van der Waals surface area contributed by atoms with Gasteiger partial charge in [0.05, 0.1) is 6.61 Å². The third-order valence-electron chi connectivity index (χ3n) is 3.67. The minimum atomic E-state index is -0.647. The van der Waals surface area contributed by atoms with Crippen molar-refractivity contribution < 1.29 is 19.1 Å². The zero-order valence-corrected chi connectivity index (χ0v) is 17.0. The van der Waals surface area contributed by atoms with E-state index in [4.69, 9.17) is 21.1 Å². The zero-order chi connectivity index (χ0) is 19.3. The van der Waals surface area contributed by atoms with Crippen molar-refractivity contribution in [3.8, 4) is 0 Å². The number of nitrogens with one attached hydrogen (secondary N) is 1. The quantitative estimate of drug-likeness (QED) is 0.766. The summed E-state index contributed by atoms with van der Waals surface area (Å²) in [6.45, 7) is 6.22. The Morgan fingerprint density at radius 3 is 2.54 bits per heavy atom. The van der Waals surface area contributed by atoms with Crippen molar-refractivity contribution in [2.24, 2.45) is 0 Å². The summed E-state index contributed by atoms with van der Waals surface area (Å²) in [5, 5.41) is 3.12. The molecule has 2 rings (SSSR count). The fraction of sp³-hybridized carbons (Fsp3) is 0.556. The summed E-state index contributed by atoms with van der Waals surface area (Å²) >= 11 is 7.50. The van der Waals surface area contributed by atoms with Crippen LogP contribution in [0.4, 0.5) is 4.79 Å². The van der Waals surface area contributed by atoms with E-state index in [1.807, 2.05) is 12.1 Å². The van der Waals surface area contributed by atoms with Gasteiger partial charge in [-0.2, -0.15) is 0 Å². The highest BCUT2D eigenvalue weighted by atomic mass is 35.5. The Kier molecular flexibility index (Phi) is 7.20. The number of carbonyl (C=O) groups excluding carboxylic acids is 2. The third kappa shape index (κ3) is 5.53. The molecule has 1 heterocycles.